The number of ether oxygens (including phenoxy) is 2. The zero-order chi connectivity index (χ0) is 23.6. The molecule has 2 aromatic carbocycles. The van der Waals surface area contributed by atoms with E-state index in [9.17, 15) is 4.79 Å². The molecular weight excluding hydrogens is 450 g/mol. The molecule has 1 aromatic heterocycles. The molecule has 4 rings (SSSR count). The van der Waals surface area contributed by atoms with Gasteiger partial charge < -0.3 is 14.8 Å². The van der Waals surface area contributed by atoms with Gasteiger partial charge in [0.2, 0.25) is 11.1 Å². The molecule has 0 unspecified atom stereocenters. The number of amides is 1. The van der Waals surface area contributed by atoms with Gasteiger partial charge in [-0.3, -0.25) is 14.8 Å². The normalized spacial score (nSPS) is 15.1. The number of nitrogens with one attached hydrogen (secondary N) is 2. The first-order valence-electron chi connectivity index (χ1n) is 11.6. The number of thioether (sulfide) groups is 1. The Kier molecular flexibility index (Phi) is 8.95. The number of aromatic amines is 1. The van der Waals surface area contributed by atoms with Crippen LogP contribution in [-0.4, -0.2) is 72.5 Å². The summed E-state index contributed by atoms with van der Waals surface area (Å²) in [5, 5.41) is 11.0. The Labute approximate surface area is 204 Å². The maximum absolute atomic E-state index is 12.7. The highest BCUT2D eigenvalue weighted by atomic mass is 32.2. The van der Waals surface area contributed by atoms with Crippen molar-refractivity contribution < 1.29 is 14.3 Å². The first-order valence-corrected chi connectivity index (χ1v) is 12.4. The lowest BCUT2D eigenvalue weighted by Crippen LogP contribution is -2.38. The molecule has 0 bridgehead atoms. The molecule has 1 aliphatic rings. The fraction of sp³-hybridized carbons (Fsp3) is 0.400. The SMILES string of the molecule is COc1ccc(-c2nc(S[C@H](CC(=O)NCCCN3CCOCC3)c3ccccc3)n[nH]2)cc1. The number of methoxy groups -OCH3 is 1. The van der Waals surface area contributed by atoms with Crippen molar-refractivity contribution in [2.45, 2.75) is 23.2 Å². The van der Waals surface area contributed by atoms with Crippen molar-refractivity contribution in [3.8, 4) is 17.1 Å². The van der Waals surface area contributed by atoms with Crippen molar-refractivity contribution in [2.24, 2.45) is 0 Å². The molecule has 8 nitrogen and oxygen atoms in total. The smallest absolute Gasteiger partial charge is 0.221 e. The molecule has 1 amide bonds. The number of nitrogens with zero attached hydrogens (tertiary/aromatic N) is 3. The van der Waals surface area contributed by atoms with E-state index in [1.54, 1.807) is 7.11 Å². The van der Waals surface area contributed by atoms with Crippen LogP contribution in [0.5, 0.6) is 5.75 Å². The van der Waals surface area contributed by atoms with Crippen LogP contribution in [0.1, 0.15) is 23.7 Å². The minimum absolute atomic E-state index is 0.0363. The maximum Gasteiger partial charge on any atom is 0.221 e. The fourth-order valence-corrected chi connectivity index (χ4v) is 4.82. The second kappa shape index (κ2) is 12.5. The third kappa shape index (κ3) is 7.06. The minimum Gasteiger partial charge on any atom is -0.497 e. The summed E-state index contributed by atoms with van der Waals surface area (Å²) in [5.74, 6) is 1.51. The van der Waals surface area contributed by atoms with E-state index >= 15 is 0 Å². The molecule has 2 heterocycles. The fourth-order valence-electron chi connectivity index (χ4n) is 3.80. The third-order valence-electron chi connectivity index (χ3n) is 5.70. The summed E-state index contributed by atoms with van der Waals surface area (Å²) in [6.45, 7) is 5.18. The maximum atomic E-state index is 12.7. The first kappa shape index (κ1) is 24.3. The molecule has 1 saturated heterocycles. The van der Waals surface area contributed by atoms with Crippen LogP contribution in [0, 0.1) is 0 Å². The molecular formula is C25H31N5O3S. The Morgan fingerprint density at radius 1 is 1.18 bits per heavy atom. The van der Waals surface area contributed by atoms with E-state index in [0.29, 0.717) is 23.9 Å². The van der Waals surface area contributed by atoms with Gasteiger partial charge in [0.1, 0.15) is 5.75 Å². The quantitative estimate of drug-likeness (QED) is 0.320. The molecule has 0 radical (unpaired) electrons. The average Bonchev–Trinajstić information content (AvgIpc) is 3.36. The van der Waals surface area contributed by atoms with Crippen LogP contribution in [0.3, 0.4) is 0 Å². The second-order valence-electron chi connectivity index (χ2n) is 8.07. The van der Waals surface area contributed by atoms with Gasteiger partial charge in [-0.1, -0.05) is 42.1 Å². The highest BCUT2D eigenvalue weighted by Crippen LogP contribution is 2.36. The number of rotatable bonds is 11. The molecule has 0 aliphatic carbocycles. The number of aromatic nitrogens is 3. The highest BCUT2D eigenvalue weighted by molar-refractivity contribution is 7.99. The van der Waals surface area contributed by atoms with Gasteiger partial charge in [0, 0.05) is 36.9 Å². The third-order valence-corrected chi connectivity index (χ3v) is 6.81. The van der Waals surface area contributed by atoms with Crippen molar-refractivity contribution in [3.05, 3.63) is 60.2 Å². The van der Waals surface area contributed by atoms with Gasteiger partial charge in [-0.15, -0.1) is 5.10 Å². The Bertz CT molecular complexity index is 1020. The standard InChI is InChI=1S/C25H31N5O3S/c1-32-21-10-8-20(9-11-21)24-27-25(29-28-24)34-22(19-6-3-2-4-7-19)18-23(31)26-12-5-13-30-14-16-33-17-15-30/h2-4,6-11,22H,5,12-18H2,1H3,(H,26,31)(H,27,28,29)/t22-/m1/s1. The van der Waals surface area contributed by atoms with Gasteiger partial charge >= 0.3 is 0 Å². The monoisotopic (exact) mass is 481 g/mol. The summed E-state index contributed by atoms with van der Waals surface area (Å²) in [4.78, 5) is 19.8. The number of carbonyl (C=O) groups excluding carboxylic acids is 1. The Morgan fingerprint density at radius 3 is 2.68 bits per heavy atom. The van der Waals surface area contributed by atoms with Crippen LogP contribution in [0.4, 0.5) is 0 Å². The predicted octanol–water partition coefficient (Wildman–Crippen LogP) is 3.54. The first-order chi connectivity index (χ1) is 16.7. The van der Waals surface area contributed by atoms with E-state index in [0.717, 1.165) is 56.1 Å². The lowest BCUT2D eigenvalue weighted by atomic mass is 10.1. The summed E-state index contributed by atoms with van der Waals surface area (Å²) < 4.78 is 10.6. The summed E-state index contributed by atoms with van der Waals surface area (Å²) in [5.41, 5.74) is 2.00. The van der Waals surface area contributed by atoms with Crippen LogP contribution in [-0.2, 0) is 9.53 Å². The molecule has 3 aromatic rings. The summed E-state index contributed by atoms with van der Waals surface area (Å²) >= 11 is 1.49. The number of hydrogen-bond donors (Lipinski definition) is 2. The Morgan fingerprint density at radius 2 is 1.94 bits per heavy atom. The average molecular weight is 482 g/mol. The largest absolute Gasteiger partial charge is 0.497 e. The summed E-state index contributed by atoms with van der Waals surface area (Å²) in [6, 6.07) is 17.7. The topological polar surface area (TPSA) is 92.4 Å². The van der Waals surface area contributed by atoms with E-state index < -0.39 is 0 Å². The lowest BCUT2D eigenvalue weighted by Gasteiger charge is -2.26. The van der Waals surface area contributed by atoms with Crippen molar-refractivity contribution in [1.29, 1.82) is 0 Å². The van der Waals surface area contributed by atoms with Crippen molar-refractivity contribution in [1.82, 2.24) is 25.4 Å². The van der Waals surface area contributed by atoms with Gasteiger partial charge in [0.05, 0.1) is 20.3 Å². The van der Waals surface area contributed by atoms with E-state index in [1.165, 1.54) is 11.8 Å². The molecule has 1 atom stereocenters. The van der Waals surface area contributed by atoms with Gasteiger partial charge in [0.15, 0.2) is 5.82 Å². The Balaban J connectivity index is 1.34. The van der Waals surface area contributed by atoms with Gasteiger partial charge in [-0.05, 0) is 42.8 Å². The number of benzene rings is 2. The van der Waals surface area contributed by atoms with Crippen LogP contribution >= 0.6 is 11.8 Å². The molecule has 2 N–H and O–H groups in total. The molecule has 0 saturated carbocycles. The molecule has 0 spiro atoms. The van der Waals surface area contributed by atoms with Crippen LogP contribution in [0.25, 0.3) is 11.4 Å². The zero-order valence-electron chi connectivity index (χ0n) is 19.4. The van der Waals surface area contributed by atoms with E-state index in [4.69, 9.17) is 9.47 Å². The summed E-state index contributed by atoms with van der Waals surface area (Å²) in [7, 11) is 1.64. The van der Waals surface area contributed by atoms with E-state index in [2.05, 4.69) is 25.4 Å². The minimum atomic E-state index is -0.0834. The number of morpholine rings is 1. The lowest BCUT2D eigenvalue weighted by molar-refractivity contribution is -0.121. The summed E-state index contributed by atoms with van der Waals surface area (Å²) in [6.07, 6.45) is 1.29. The van der Waals surface area contributed by atoms with Gasteiger partial charge in [0.25, 0.3) is 0 Å². The van der Waals surface area contributed by atoms with Crippen LogP contribution in [0.2, 0.25) is 0 Å². The second-order valence-corrected chi connectivity index (χ2v) is 9.24. The van der Waals surface area contributed by atoms with E-state index in [1.807, 2.05) is 54.6 Å². The number of hydrogen-bond acceptors (Lipinski definition) is 7. The predicted molar refractivity (Wildman–Crippen MR) is 133 cm³/mol. The van der Waals surface area contributed by atoms with Crippen LogP contribution < -0.4 is 10.1 Å². The van der Waals surface area contributed by atoms with Crippen molar-refractivity contribution in [3.63, 3.8) is 0 Å². The van der Waals surface area contributed by atoms with Crippen molar-refractivity contribution in [2.75, 3.05) is 46.5 Å². The molecule has 1 aliphatic heterocycles. The molecule has 9 heteroatoms. The molecule has 180 valence electrons. The number of carbonyl (C=O) groups is 1. The Hall–Kier alpha value is -2.88. The number of H-pyrrole nitrogens is 1. The molecule has 1 fully saturated rings. The highest BCUT2D eigenvalue weighted by Gasteiger charge is 2.20. The van der Waals surface area contributed by atoms with Crippen LogP contribution in [0.15, 0.2) is 59.8 Å². The van der Waals surface area contributed by atoms with Gasteiger partial charge in [-0.2, -0.15) is 0 Å². The van der Waals surface area contributed by atoms with Crippen molar-refractivity contribution >= 4 is 17.7 Å². The molecule has 34 heavy (non-hydrogen) atoms. The zero-order valence-corrected chi connectivity index (χ0v) is 20.2. The van der Waals surface area contributed by atoms with Gasteiger partial charge in [-0.25, -0.2) is 4.98 Å². The van der Waals surface area contributed by atoms with E-state index in [-0.39, 0.29) is 11.2 Å².